The molecule has 2 radical (unpaired) electrons. The predicted octanol–water partition coefficient (Wildman–Crippen LogP) is 0.885. The highest BCUT2D eigenvalue weighted by atomic mass is 19.4. The third kappa shape index (κ3) is 2.26. The molecule has 1 aliphatic rings. The Labute approximate surface area is 97.1 Å². The Hall–Kier alpha value is -1.18. The Balaban J connectivity index is 2.33. The van der Waals surface area contributed by atoms with Crippen LogP contribution in [0, 0.1) is 0 Å². The fraction of sp³-hybridized carbons (Fsp3) is 0.667. The highest BCUT2D eigenvalue weighted by Gasteiger charge is 2.39. The van der Waals surface area contributed by atoms with Gasteiger partial charge in [0.15, 0.2) is 5.69 Å². The van der Waals surface area contributed by atoms with E-state index < -0.39 is 11.9 Å². The Bertz CT molecular complexity index is 415. The summed E-state index contributed by atoms with van der Waals surface area (Å²) in [6.07, 6.45) is -5.02. The summed E-state index contributed by atoms with van der Waals surface area (Å²) < 4.78 is 49.3. The zero-order valence-corrected chi connectivity index (χ0v) is 9.12. The SMILES string of the molecule is [B]Cc1c(C(F)(F)F)nn(C)c1OC1COC1. The molecule has 2 rings (SSSR count). The summed E-state index contributed by atoms with van der Waals surface area (Å²) in [7, 11) is 6.72. The van der Waals surface area contributed by atoms with Gasteiger partial charge in [-0.1, -0.05) is 6.32 Å². The number of hydrogen-bond donors (Lipinski definition) is 0. The van der Waals surface area contributed by atoms with E-state index in [9.17, 15) is 13.2 Å². The summed E-state index contributed by atoms with van der Waals surface area (Å²) in [4.78, 5) is 0. The van der Waals surface area contributed by atoms with E-state index in [1.165, 1.54) is 7.05 Å². The molecule has 0 unspecified atom stereocenters. The van der Waals surface area contributed by atoms with Gasteiger partial charge in [-0.05, 0) is 0 Å². The van der Waals surface area contributed by atoms with Crippen LogP contribution in [0.25, 0.3) is 0 Å². The first kappa shape index (κ1) is 12.3. The van der Waals surface area contributed by atoms with Crippen LogP contribution in [0.1, 0.15) is 11.3 Å². The maximum absolute atomic E-state index is 12.7. The van der Waals surface area contributed by atoms with Gasteiger partial charge in [0.25, 0.3) is 0 Å². The molecular formula is C9H10BF3N2O2. The van der Waals surface area contributed by atoms with Gasteiger partial charge >= 0.3 is 6.18 Å². The molecule has 1 saturated heterocycles. The van der Waals surface area contributed by atoms with Gasteiger partial charge in [0, 0.05) is 12.6 Å². The minimum Gasteiger partial charge on any atom is -0.469 e. The molecule has 1 fully saturated rings. The first-order chi connectivity index (χ1) is 7.93. The monoisotopic (exact) mass is 246 g/mol. The Morgan fingerprint density at radius 3 is 2.59 bits per heavy atom. The molecule has 0 saturated carbocycles. The van der Waals surface area contributed by atoms with Gasteiger partial charge < -0.3 is 9.47 Å². The minimum atomic E-state index is -4.52. The molecule has 0 amide bonds. The normalized spacial score (nSPS) is 16.9. The Kier molecular flexibility index (Phi) is 3.07. The van der Waals surface area contributed by atoms with Gasteiger partial charge in [-0.3, -0.25) is 0 Å². The highest BCUT2D eigenvalue weighted by molar-refractivity contribution is 6.08. The molecule has 0 N–H and O–H groups in total. The van der Waals surface area contributed by atoms with Crippen molar-refractivity contribution in [1.29, 1.82) is 0 Å². The number of aryl methyl sites for hydroxylation is 1. The molecule has 1 aromatic heterocycles. The summed E-state index contributed by atoms with van der Waals surface area (Å²) in [6, 6.07) is 0. The number of rotatable bonds is 3. The molecule has 0 aliphatic carbocycles. The van der Waals surface area contributed by atoms with Gasteiger partial charge in [0.2, 0.25) is 5.88 Å². The van der Waals surface area contributed by atoms with E-state index in [4.69, 9.17) is 17.3 Å². The largest absolute Gasteiger partial charge is 0.469 e. The molecular weight excluding hydrogens is 236 g/mol. The van der Waals surface area contributed by atoms with E-state index in [1.54, 1.807) is 0 Å². The van der Waals surface area contributed by atoms with E-state index in [1.807, 2.05) is 0 Å². The third-order valence-electron chi connectivity index (χ3n) is 2.45. The summed E-state index contributed by atoms with van der Waals surface area (Å²) in [6.45, 7) is 0.743. The molecule has 0 aromatic carbocycles. The van der Waals surface area contributed by atoms with Crippen LogP contribution in [0.4, 0.5) is 13.2 Å². The number of alkyl halides is 3. The molecule has 1 aromatic rings. The zero-order chi connectivity index (χ0) is 12.6. The average molecular weight is 246 g/mol. The van der Waals surface area contributed by atoms with Gasteiger partial charge in [-0.25, -0.2) is 4.68 Å². The first-order valence-electron chi connectivity index (χ1n) is 5.01. The third-order valence-corrected chi connectivity index (χ3v) is 2.45. The van der Waals surface area contributed by atoms with E-state index in [0.717, 1.165) is 4.68 Å². The molecule has 4 nitrogen and oxygen atoms in total. The van der Waals surface area contributed by atoms with Gasteiger partial charge in [-0.15, -0.1) is 0 Å². The van der Waals surface area contributed by atoms with Gasteiger partial charge in [-0.2, -0.15) is 18.3 Å². The van der Waals surface area contributed by atoms with Crippen LogP contribution in [0.2, 0.25) is 0 Å². The summed E-state index contributed by atoms with van der Waals surface area (Å²) >= 11 is 0. The van der Waals surface area contributed by atoms with Crippen molar-refractivity contribution in [2.75, 3.05) is 13.2 Å². The van der Waals surface area contributed by atoms with E-state index in [2.05, 4.69) is 5.10 Å². The Morgan fingerprint density at radius 1 is 1.53 bits per heavy atom. The molecule has 0 spiro atoms. The predicted molar refractivity (Wildman–Crippen MR) is 52.9 cm³/mol. The molecule has 0 bridgehead atoms. The maximum Gasteiger partial charge on any atom is 0.435 e. The van der Waals surface area contributed by atoms with Gasteiger partial charge in [0.05, 0.1) is 21.1 Å². The van der Waals surface area contributed by atoms with Crippen LogP contribution in [0.3, 0.4) is 0 Å². The number of nitrogens with zero attached hydrogens (tertiary/aromatic N) is 2. The Morgan fingerprint density at radius 2 is 2.18 bits per heavy atom. The lowest BCUT2D eigenvalue weighted by Crippen LogP contribution is -2.39. The van der Waals surface area contributed by atoms with Crippen LogP contribution in [0.15, 0.2) is 0 Å². The molecule has 17 heavy (non-hydrogen) atoms. The van der Waals surface area contributed by atoms with E-state index in [0.29, 0.717) is 13.2 Å². The molecule has 8 heteroatoms. The first-order valence-corrected chi connectivity index (χ1v) is 5.01. The summed E-state index contributed by atoms with van der Waals surface area (Å²) in [5.41, 5.74) is -1.11. The minimum absolute atomic E-state index is 0.0631. The number of aromatic nitrogens is 2. The number of ether oxygens (including phenoxy) is 2. The van der Waals surface area contributed by atoms with E-state index >= 15 is 0 Å². The number of halogens is 3. The molecule has 1 aliphatic heterocycles. The van der Waals surface area contributed by atoms with Crippen LogP contribution in [0.5, 0.6) is 5.88 Å². The second kappa shape index (κ2) is 4.25. The van der Waals surface area contributed by atoms with Crippen molar-refractivity contribution >= 4 is 7.85 Å². The van der Waals surface area contributed by atoms with E-state index in [-0.39, 0.29) is 23.9 Å². The second-order valence-electron chi connectivity index (χ2n) is 3.74. The fourth-order valence-corrected chi connectivity index (χ4v) is 1.55. The lowest BCUT2D eigenvalue weighted by molar-refractivity contribution is -0.142. The smallest absolute Gasteiger partial charge is 0.435 e. The van der Waals surface area contributed by atoms with Crippen LogP contribution in [-0.2, 0) is 24.3 Å². The molecule has 92 valence electrons. The van der Waals surface area contributed by atoms with Crippen molar-refractivity contribution in [3.63, 3.8) is 0 Å². The second-order valence-corrected chi connectivity index (χ2v) is 3.74. The van der Waals surface area contributed by atoms with Crippen molar-refractivity contribution in [3.05, 3.63) is 11.3 Å². The summed E-state index contributed by atoms with van der Waals surface area (Å²) in [5, 5.41) is 3.41. The number of hydrogen-bond acceptors (Lipinski definition) is 3. The lowest BCUT2D eigenvalue weighted by Gasteiger charge is -2.27. The van der Waals surface area contributed by atoms with Crippen molar-refractivity contribution < 1.29 is 22.6 Å². The molecule has 2 heterocycles. The fourth-order valence-electron chi connectivity index (χ4n) is 1.55. The zero-order valence-electron chi connectivity index (χ0n) is 9.12. The van der Waals surface area contributed by atoms with Crippen LogP contribution in [-0.4, -0.2) is 36.9 Å². The van der Waals surface area contributed by atoms with Crippen molar-refractivity contribution in [2.24, 2.45) is 7.05 Å². The van der Waals surface area contributed by atoms with Crippen LogP contribution < -0.4 is 4.74 Å². The van der Waals surface area contributed by atoms with Gasteiger partial charge in [0.1, 0.15) is 6.10 Å². The van der Waals surface area contributed by atoms with Crippen molar-refractivity contribution in [3.8, 4) is 5.88 Å². The lowest BCUT2D eigenvalue weighted by atomic mass is 9.96. The van der Waals surface area contributed by atoms with Crippen LogP contribution >= 0.6 is 0 Å². The highest BCUT2D eigenvalue weighted by Crippen LogP contribution is 2.35. The quantitative estimate of drug-likeness (QED) is 0.743. The van der Waals surface area contributed by atoms with Crippen molar-refractivity contribution in [1.82, 2.24) is 9.78 Å². The van der Waals surface area contributed by atoms with Crippen molar-refractivity contribution in [2.45, 2.75) is 18.6 Å². The topological polar surface area (TPSA) is 36.3 Å². The molecule has 0 atom stereocenters. The maximum atomic E-state index is 12.7. The average Bonchev–Trinajstić information content (AvgIpc) is 2.48. The summed E-state index contributed by atoms with van der Waals surface area (Å²) in [5.74, 6) is 0.0631. The standard InChI is InChI=1S/C9H10BF3N2O2/c1-15-8(17-5-3-16-4-5)6(2-10)7(14-15)9(11,12)13/h5H,2-4H2,1H3.